The van der Waals surface area contributed by atoms with Gasteiger partial charge >= 0.3 is 0 Å². The lowest BCUT2D eigenvalue weighted by Gasteiger charge is -2.18. The molecular weight excluding hydrogens is 256 g/mol. The van der Waals surface area contributed by atoms with Crippen LogP contribution in [0.5, 0.6) is 11.5 Å². The van der Waals surface area contributed by atoms with Crippen LogP contribution in [0.1, 0.15) is 39.2 Å². The molecule has 0 N–H and O–H groups in total. The van der Waals surface area contributed by atoms with Gasteiger partial charge in [-0.2, -0.15) is 12.6 Å². The summed E-state index contributed by atoms with van der Waals surface area (Å²) in [5.41, 5.74) is 1.15. The maximum Gasteiger partial charge on any atom is 0.165 e. The van der Waals surface area contributed by atoms with E-state index in [4.69, 9.17) is 9.47 Å². The fourth-order valence-electron chi connectivity index (χ4n) is 2.44. The summed E-state index contributed by atoms with van der Waals surface area (Å²) >= 11 is 4.26. The minimum absolute atomic E-state index is 0.110. The van der Waals surface area contributed by atoms with Crippen LogP contribution in [0, 0.1) is 5.92 Å². The molecule has 1 heterocycles. The first-order valence-electron chi connectivity index (χ1n) is 7.06. The lowest BCUT2D eigenvalue weighted by Crippen LogP contribution is -2.24. The highest BCUT2D eigenvalue weighted by atomic mass is 32.1. The van der Waals surface area contributed by atoms with E-state index in [9.17, 15) is 0 Å². The molecule has 1 atom stereocenters. The summed E-state index contributed by atoms with van der Waals surface area (Å²) in [6.07, 6.45) is 3.16. The molecule has 0 saturated carbocycles. The Hall–Kier alpha value is -0.830. The predicted octanol–water partition coefficient (Wildman–Crippen LogP) is 4.13. The lowest BCUT2D eigenvalue weighted by atomic mass is 10.0. The SMILES string of the molecule is CC(CCS)CCOc1cccc2c1OC(C)(C)C2. The number of thiol groups is 1. The van der Waals surface area contributed by atoms with Gasteiger partial charge in [-0.05, 0) is 44.4 Å². The molecule has 1 aromatic carbocycles. The van der Waals surface area contributed by atoms with Crippen LogP contribution in [-0.2, 0) is 6.42 Å². The Balaban J connectivity index is 1.94. The highest BCUT2D eigenvalue weighted by Gasteiger charge is 2.32. The topological polar surface area (TPSA) is 18.5 Å². The van der Waals surface area contributed by atoms with Crippen molar-refractivity contribution in [3.05, 3.63) is 23.8 Å². The van der Waals surface area contributed by atoms with Gasteiger partial charge in [-0.15, -0.1) is 0 Å². The fourth-order valence-corrected chi connectivity index (χ4v) is 2.88. The van der Waals surface area contributed by atoms with Gasteiger partial charge in [0.25, 0.3) is 0 Å². The van der Waals surface area contributed by atoms with Crippen LogP contribution in [0.2, 0.25) is 0 Å². The van der Waals surface area contributed by atoms with E-state index in [1.54, 1.807) is 0 Å². The van der Waals surface area contributed by atoms with Crippen LogP contribution in [0.25, 0.3) is 0 Å². The van der Waals surface area contributed by atoms with Gasteiger partial charge in [0.05, 0.1) is 6.61 Å². The van der Waals surface area contributed by atoms with Crippen molar-refractivity contribution >= 4 is 12.6 Å². The van der Waals surface area contributed by atoms with Crippen molar-refractivity contribution < 1.29 is 9.47 Å². The summed E-state index contributed by atoms with van der Waals surface area (Å²) in [5.74, 6) is 3.43. The van der Waals surface area contributed by atoms with Crippen LogP contribution < -0.4 is 9.47 Å². The number of ether oxygens (including phenoxy) is 2. The van der Waals surface area contributed by atoms with Gasteiger partial charge < -0.3 is 9.47 Å². The van der Waals surface area contributed by atoms with Crippen molar-refractivity contribution in [1.82, 2.24) is 0 Å². The molecule has 0 saturated heterocycles. The second-order valence-electron chi connectivity index (χ2n) is 6.04. The molecular formula is C16H24O2S. The Morgan fingerprint density at radius 2 is 2.16 bits per heavy atom. The van der Waals surface area contributed by atoms with Gasteiger partial charge in [-0.25, -0.2) is 0 Å². The van der Waals surface area contributed by atoms with Crippen LogP contribution in [0.3, 0.4) is 0 Å². The van der Waals surface area contributed by atoms with Crippen LogP contribution >= 0.6 is 12.6 Å². The largest absolute Gasteiger partial charge is 0.490 e. The molecule has 0 radical (unpaired) electrons. The first-order valence-corrected chi connectivity index (χ1v) is 7.69. The van der Waals surface area contributed by atoms with E-state index in [0.717, 1.165) is 43.1 Å². The fraction of sp³-hybridized carbons (Fsp3) is 0.625. The zero-order valence-corrected chi connectivity index (χ0v) is 13.0. The Bertz CT molecular complexity index is 429. The molecule has 1 aliphatic rings. The molecule has 19 heavy (non-hydrogen) atoms. The van der Waals surface area contributed by atoms with Crippen molar-refractivity contribution in [2.75, 3.05) is 12.4 Å². The Labute approximate surface area is 121 Å². The maximum atomic E-state index is 5.99. The second-order valence-corrected chi connectivity index (χ2v) is 6.48. The average Bonchev–Trinajstić information content (AvgIpc) is 2.64. The number of rotatable bonds is 6. The molecule has 3 heteroatoms. The predicted molar refractivity (Wildman–Crippen MR) is 82.6 cm³/mol. The third-order valence-electron chi connectivity index (χ3n) is 3.55. The Morgan fingerprint density at radius 1 is 1.37 bits per heavy atom. The maximum absolute atomic E-state index is 5.99. The molecule has 1 aliphatic heterocycles. The van der Waals surface area contributed by atoms with E-state index < -0.39 is 0 Å². The summed E-state index contributed by atoms with van der Waals surface area (Å²) in [7, 11) is 0. The van der Waals surface area contributed by atoms with Gasteiger partial charge in [-0.3, -0.25) is 0 Å². The van der Waals surface area contributed by atoms with Gasteiger partial charge in [-0.1, -0.05) is 19.1 Å². The van der Waals surface area contributed by atoms with Crippen molar-refractivity contribution in [2.24, 2.45) is 5.92 Å². The van der Waals surface area contributed by atoms with Crippen molar-refractivity contribution in [3.8, 4) is 11.5 Å². The third-order valence-corrected chi connectivity index (χ3v) is 3.80. The summed E-state index contributed by atoms with van der Waals surface area (Å²) in [6, 6.07) is 6.18. The third kappa shape index (κ3) is 3.82. The molecule has 0 aromatic heterocycles. The standard InChI is InChI=1S/C16H24O2S/c1-12(8-10-19)7-9-17-14-6-4-5-13-11-16(2,3)18-15(13)14/h4-6,12,19H,7-11H2,1-3H3. The number of hydrogen-bond acceptors (Lipinski definition) is 3. The summed E-state index contributed by atoms with van der Waals surface area (Å²) in [4.78, 5) is 0. The van der Waals surface area contributed by atoms with E-state index in [1.807, 2.05) is 6.07 Å². The van der Waals surface area contributed by atoms with E-state index in [2.05, 4.69) is 45.5 Å². The molecule has 106 valence electrons. The number of hydrogen-bond donors (Lipinski definition) is 1. The zero-order chi connectivity index (χ0) is 13.9. The summed E-state index contributed by atoms with van der Waals surface area (Å²) in [6.45, 7) is 7.22. The molecule has 2 nitrogen and oxygen atoms in total. The van der Waals surface area contributed by atoms with E-state index >= 15 is 0 Å². The lowest BCUT2D eigenvalue weighted by molar-refractivity contribution is 0.131. The molecule has 1 aromatic rings. The van der Waals surface area contributed by atoms with E-state index in [-0.39, 0.29) is 5.60 Å². The number of para-hydroxylation sites is 1. The molecule has 0 spiro atoms. The van der Waals surface area contributed by atoms with Crippen molar-refractivity contribution in [1.29, 1.82) is 0 Å². The van der Waals surface area contributed by atoms with Gasteiger partial charge in [0, 0.05) is 12.0 Å². The molecule has 0 aliphatic carbocycles. The number of benzene rings is 1. The normalized spacial score (nSPS) is 17.7. The summed E-state index contributed by atoms with van der Waals surface area (Å²) in [5, 5.41) is 0. The highest BCUT2D eigenvalue weighted by molar-refractivity contribution is 7.80. The van der Waals surface area contributed by atoms with E-state index in [0.29, 0.717) is 5.92 Å². The van der Waals surface area contributed by atoms with Crippen molar-refractivity contribution in [2.45, 2.75) is 45.6 Å². The molecule has 0 fully saturated rings. The molecule has 1 unspecified atom stereocenters. The average molecular weight is 280 g/mol. The van der Waals surface area contributed by atoms with Gasteiger partial charge in [0.1, 0.15) is 5.60 Å². The molecule has 2 rings (SSSR count). The van der Waals surface area contributed by atoms with Gasteiger partial charge in [0.2, 0.25) is 0 Å². The second kappa shape index (κ2) is 6.08. The monoisotopic (exact) mass is 280 g/mol. The van der Waals surface area contributed by atoms with E-state index in [1.165, 1.54) is 5.56 Å². The molecule has 0 amide bonds. The first-order chi connectivity index (χ1) is 9.02. The minimum atomic E-state index is -0.110. The number of fused-ring (bicyclic) bond motifs is 1. The summed E-state index contributed by atoms with van der Waals surface area (Å²) < 4.78 is 11.9. The minimum Gasteiger partial charge on any atom is -0.490 e. The van der Waals surface area contributed by atoms with Crippen molar-refractivity contribution in [3.63, 3.8) is 0 Å². The van der Waals surface area contributed by atoms with Crippen LogP contribution in [0.15, 0.2) is 18.2 Å². The quantitative estimate of drug-likeness (QED) is 0.790. The zero-order valence-electron chi connectivity index (χ0n) is 12.1. The Kier molecular flexibility index (Phi) is 4.67. The molecule has 0 bridgehead atoms. The van der Waals surface area contributed by atoms with Crippen LogP contribution in [-0.4, -0.2) is 18.0 Å². The Morgan fingerprint density at radius 3 is 2.89 bits per heavy atom. The van der Waals surface area contributed by atoms with Gasteiger partial charge in [0.15, 0.2) is 11.5 Å². The van der Waals surface area contributed by atoms with Crippen LogP contribution in [0.4, 0.5) is 0 Å². The smallest absolute Gasteiger partial charge is 0.165 e. The first kappa shape index (κ1) is 14.6. The highest BCUT2D eigenvalue weighted by Crippen LogP contribution is 2.41.